The number of anilines is 2. The Kier molecular flexibility index (Phi) is 5.30. The fourth-order valence-corrected chi connectivity index (χ4v) is 2.06. The third kappa shape index (κ3) is 3.72. The van der Waals surface area contributed by atoms with E-state index in [0.29, 0.717) is 24.6 Å². The molecule has 0 unspecified atom stereocenters. The zero-order chi connectivity index (χ0) is 15.9. The van der Waals surface area contributed by atoms with Crippen LogP contribution in [0, 0.1) is 0 Å². The summed E-state index contributed by atoms with van der Waals surface area (Å²) in [6, 6.07) is 9.15. The van der Waals surface area contributed by atoms with E-state index in [-0.39, 0.29) is 5.91 Å². The number of aromatic nitrogens is 2. The van der Waals surface area contributed by atoms with Crippen LogP contribution in [-0.4, -0.2) is 41.0 Å². The third-order valence-electron chi connectivity index (χ3n) is 3.28. The lowest BCUT2D eigenvalue weighted by atomic mass is 10.3. The number of methoxy groups -OCH3 is 1. The number of carbonyl (C=O) groups is 1. The number of carbonyl (C=O) groups excluding carboxylic acids is 1. The topological polar surface area (TPSA) is 67.4 Å². The van der Waals surface area contributed by atoms with Crippen LogP contribution in [0.5, 0.6) is 5.75 Å². The Hall–Kier alpha value is -2.63. The van der Waals surface area contributed by atoms with Crippen LogP contribution in [-0.2, 0) is 0 Å². The number of hydrogen-bond acceptors (Lipinski definition) is 5. The summed E-state index contributed by atoms with van der Waals surface area (Å²) in [4.78, 5) is 22.2. The fourth-order valence-electron chi connectivity index (χ4n) is 2.06. The summed E-state index contributed by atoms with van der Waals surface area (Å²) in [5.41, 5.74) is 1.21. The van der Waals surface area contributed by atoms with E-state index in [1.807, 2.05) is 38.1 Å². The first-order chi connectivity index (χ1) is 10.7. The minimum atomic E-state index is -0.0962. The summed E-state index contributed by atoms with van der Waals surface area (Å²) in [5, 5.41) is 3.15. The second kappa shape index (κ2) is 7.40. The maximum atomic E-state index is 12.3. The molecule has 0 aliphatic heterocycles. The lowest BCUT2D eigenvalue weighted by Crippen LogP contribution is -2.31. The molecule has 1 aromatic carbocycles. The second-order valence-corrected chi connectivity index (χ2v) is 4.62. The molecule has 0 aliphatic rings. The third-order valence-corrected chi connectivity index (χ3v) is 3.28. The number of ether oxygens (including phenoxy) is 1. The summed E-state index contributed by atoms with van der Waals surface area (Å²) < 4.78 is 5.18. The summed E-state index contributed by atoms with van der Waals surface area (Å²) in [5.74, 6) is 1.22. The van der Waals surface area contributed by atoms with E-state index in [0.717, 1.165) is 11.4 Å². The first-order valence-electron chi connectivity index (χ1n) is 7.20. The molecule has 0 saturated heterocycles. The van der Waals surface area contributed by atoms with Crippen molar-refractivity contribution in [2.75, 3.05) is 25.5 Å². The number of rotatable bonds is 6. The molecule has 2 rings (SSSR count). The number of hydrogen-bond donors (Lipinski definition) is 1. The molecule has 2 aromatic rings. The average Bonchev–Trinajstić information content (AvgIpc) is 2.56. The molecule has 1 aromatic heterocycles. The molecule has 22 heavy (non-hydrogen) atoms. The van der Waals surface area contributed by atoms with E-state index < -0.39 is 0 Å². The minimum absolute atomic E-state index is 0.0962. The van der Waals surface area contributed by atoms with E-state index >= 15 is 0 Å². The van der Waals surface area contributed by atoms with E-state index in [2.05, 4.69) is 15.3 Å². The van der Waals surface area contributed by atoms with Gasteiger partial charge in [0, 0.05) is 30.9 Å². The van der Waals surface area contributed by atoms with Gasteiger partial charge in [-0.25, -0.2) is 9.97 Å². The van der Waals surface area contributed by atoms with Crippen LogP contribution in [0.3, 0.4) is 0 Å². The number of benzene rings is 1. The zero-order valence-electron chi connectivity index (χ0n) is 13.0. The highest BCUT2D eigenvalue weighted by Crippen LogP contribution is 2.20. The average molecular weight is 300 g/mol. The lowest BCUT2D eigenvalue weighted by molar-refractivity contribution is 0.0767. The lowest BCUT2D eigenvalue weighted by Gasteiger charge is -2.18. The SMILES string of the molecule is CCN(CC)C(=O)c1cc(Nc2cccc(OC)c2)ncn1. The Morgan fingerprint density at radius 2 is 2.00 bits per heavy atom. The first kappa shape index (κ1) is 15.8. The van der Waals surface area contributed by atoms with Gasteiger partial charge in [0.15, 0.2) is 0 Å². The van der Waals surface area contributed by atoms with Crippen molar-refractivity contribution in [3.63, 3.8) is 0 Å². The molecular weight excluding hydrogens is 280 g/mol. The predicted molar refractivity (Wildman–Crippen MR) is 85.6 cm³/mol. The van der Waals surface area contributed by atoms with Crippen molar-refractivity contribution in [2.45, 2.75) is 13.8 Å². The minimum Gasteiger partial charge on any atom is -0.497 e. The van der Waals surface area contributed by atoms with Crippen molar-refractivity contribution in [3.8, 4) is 5.75 Å². The van der Waals surface area contributed by atoms with Crippen molar-refractivity contribution < 1.29 is 9.53 Å². The van der Waals surface area contributed by atoms with Crippen LogP contribution >= 0.6 is 0 Å². The molecule has 1 amide bonds. The molecule has 0 fully saturated rings. The molecule has 1 heterocycles. The normalized spacial score (nSPS) is 10.1. The van der Waals surface area contributed by atoms with Gasteiger partial charge in [-0.15, -0.1) is 0 Å². The Bertz CT molecular complexity index is 642. The smallest absolute Gasteiger partial charge is 0.272 e. The van der Waals surface area contributed by atoms with E-state index in [1.165, 1.54) is 6.33 Å². The summed E-state index contributed by atoms with van der Waals surface area (Å²) in [7, 11) is 1.62. The molecule has 6 heteroatoms. The number of nitrogens with zero attached hydrogens (tertiary/aromatic N) is 3. The van der Waals surface area contributed by atoms with Crippen molar-refractivity contribution >= 4 is 17.4 Å². The standard InChI is InChI=1S/C16H20N4O2/c1-4-20(5-2)16(21)14-10-15(18-11-17-14)19-12-7-6-8-13(9-12)22-3/h6-11H,4-5H2,1-3H3,(H,17,18,19). The van der Waals surface area contributed by atoms with Gasteiger partial charge in [-0.2, -0.15) is 0 Å². The van der Waals surface area contributed by atoms with Crippen LogP contribution < -0.4 is 10.1 Å². The van der Waals surface area contributed by atoms with E-state index in [1.54, 1.807) is 18.1 Å². The van der Waals surface area contributed by atoms with Gasteiger partial charge < -0.3 is 15.0 Å². The largest absolute Gasteiger partial charge is 0.497 e. The molecular formula is C16H20N4O2. The predicted octanol–water partition coefficient (Wildman–Crippen LogP) is 2.71. The molecule has 1 N–H and O–H groups in total. The van der Waals surface area contributed by atoms with Gasteiger partial charge in [0.2, 0.25) is 0 Å². The Morgan fingerprint density at radius 1 is 1.23 bits per heavy atom. The zero-order valence-corrected chi connectivity index (χ0v) is 13.0. The highest BCUT2D eigenvalue weighted by Gasteiger charge is 2.14. The molecule has 0 radical (unpaired) electrons. The van der Waals surface area contributed by atoms with Gasteiger partial charge >= 0.3 is 0 Å². The summed E-state index contributed by atoms with van der Waals surface area (Å²) in [6.45, 7) is 5.19. The van der Waals surface area contributed by atoms with E-state index in [4.69, 9.17) is 4.74 Å². The van der Waals surface area contributed by atoms with Crippen LogP contribution in [0.4, 0.5) is 11.5 Å². The van der Waals surface area contributed by atoms with E-state index in [9.17, 15) is 4.79 Å². The highest BCUT2D eigenvalue weighted by molar-refractivity contribution is 5.93. The van der Waals surface area contributed by atoms with Crippen molar-refractivity contribution in [1.82, 2.24) is 14.9 Å². The van der Waals surface area contributed by atoms with Crippen molar-refractivity contribution in [1.29, 1.82) is 0 Å². The van der Waals surface area contributed by atoms with Gasteiger partial charge in [0.25, 0.3) is 5.91 Å². The van der Waals surface area contributed by atoms with Crippen molar-refractivity contribution in [3.05, 3.63) is 42.4 Å². The summed E-state index contributed by atoms with van der Waals surface area (Å²) in [6.07, 6.45) is 1.39. The van der Waals surface area contributed by atoms with Crippen molar-refractivity contribution in [2.24, 2.45) is 0 Å². The Labute approximate surface area is 130 Å². The monoisotopic (exact) mass is 300 g/mol. The highest BCUT2D eigenvalue weighted by atomic mass is 16.5. The van der Waals surface area contributed by atoms with Crippen LogP contribution in [0.1, 0.15) is 24.3 Å². The molecule has 0 bridgehead atoms. The molecule has 0 aliphatic carbocycles. The van der Waals surface area contributed by atoms with Gasteiger partial charge in [-0.3, -0.25) is 4.79 Å². The molecule has 116 valence electrons. The molecule has 0 atom stereocenters. The number of nitrogens with one attached hydrogen (secondary N) is 1. The van der Waals surface area contributed by atoms with Gasteiger partial charge in [0.05, 0.1) is 7.11 Å². The molecule has 6 nitrogen and oxygen atoms in total. The second-order valence-electron chi connectivity index (χ2n) is 4.62. The molecule has 0 saturated carbocycles. The molecule has 0 spiro atoms. The van der Waals surface area contributed by atoms with Crippen LogP contribution in [0.25, 0.3) is 0 Å². The number of amides is 1. The maximum absolute atomic E-state index is 12.3. The van der Waals surface area contributed by atoms with Crippen LogP contribution in [0.15, 0.2) is 36.7 Å². The Morgan fingerprint density at radius 3 is 2.68 bits per heavy atom. The first-order valence-corrected chi connectivity index (χ1v) is 7.20. The Balaban J connectivity index is 2.19. The summed E-state index contributed by atoms with van der Waals surface area (Å²) >= 11 is 0. The fraction of sp³-hybridized carbons (Fsp3) is 0.312. The maximum Gasteiger partial charge on any atom is 0.272 e. The van der Waals surface area contributed by atoms with Gasteiger partial charge in [-0.05, 0) is 26.0 Å². The van der Waals surface area contributed by atoms with Gasteiger partial charge in [0.1, 0.15) is 23.6 Å². The quantitative estimate of drug-likeness (QED) is 0.888. The van der Waals surface area contributed by atoms with Crippen LogP contribution in [0.2, 0.25) is 0 Å². The van der Waals surface area contributed by atoms with Gasteiger partial charge in [-0.1, -0.05) is 6.07 Å².